The quantitative estimate of drug-likeness (QED) is 0.664. The molecule has 0 radical (unpaired) electrons. The molecular weight excluding hydrogens is 339 g/mol. The highest BCUT2D eigenvalue weighted by molar-refractivity contribution is 6.31. The van der Waals surface area contributed by atoms with Crippen LogP contribution < -0.4 is 5.73 Å². The van der Waals surface area contributed by atoms with Gasteiger partial charge in [-0.15, -0.1) is 11.6 Å². The standard InChI is InChI=1S/C16H14Cl2N2O3/c1-2-22-16(21)14-12(7-17)23-15(20)10(8-19)13(14)9-5-3-4-6-11(9)18/h3-6,13H,2,7,20H2,1H3. The number of ether oxygens (including phenoxy) is 2. The number of rotatable bonds is 4. The van der Waals surface area contributed by atoms with Crippen LogP contribution in [-0.2, 0) is 14.3 Å². The summed E-state index contributed by atoms with van der Waals surface area (Å²) in [4.78, 5) is 12.4. The highest BCUT2D eigenvalue weighted by Crippen LogP contribution is 2.42. The van der Waals surface area contributed by atoms with Gasteiger partial charge < -0.3 is 15.2 Å². The molecule has 0 saturated carbocycles. The first kappa shape index (κ1) is 17.2. The molecule has 7 heteroatoms. The molecule has 23 heavy (non-hydrogen) atoms. The van der Waals surface area contributed by atoms with E-state index in [0.717, 1.165) is 0 Å². The summed E-state index contributed by atoms with van der Waals surface area (Å²) in [6.45, 7) is 1.86. The molecule has 0 fully saturated rings. The molecule has 0 aromatic heterocycles. The second kappa shape index (κ2) is 7.40. The Morgan fingerprint density at radius 1 is 1.48 bits per heavy atom. The van der Waals surface area contributed by atoms with Gasteiger partial charge in [0.05, 0.1) is 24.0 Å². The van der Waals surface area contributed by atoms with Crippen molar-refractivity contribution in [1.29, 1.82) is 5.26 Å². The maximum absolute atomic E-state index is 12.4. The summed E-state index contributed by atoms with van der Waals surface area (Å²) in [6.07, 6.45) is 0. The molecular formula is C16H14Cl2N2O3. The highest BCUT2D eigenvalue weighted by Gasteiger charge is 2.38. The highest BCUT2D eigenvalue weighted by atomic mass is 35.5. The van der Waals surface area contributed by atoms with Crippen molar-refractivity contribution in [3.8, 4) is 6.07 Å². The van der Waals surface area contributed by atoms with E-state index in [-0.39, 0.29) is 35.3 Å². The molecule has 1 atom stereocenters. The molecule has 1 aromatic rings. The van der Waals surface area contributed by atoms with Gasteiger partial charge in [0.25, 0.3) is 0 Å². The van der Waals surface area contributed by atoms with Gasteiger partial charge in [0, 0.05) is 5.02 Å². The minimum Gasteiger partial charge on any atom is -0.463 e. The van der Waals surface area contributed by atoms with E-state index in [0.29, 0.717) is 10.6 Å². The Morgan fingerprint density at radius 2 is 2.17 bits per heavy atom. The van der Waals surface area contributed by atoms with Crippen molar-refractivity contribution >= 4 is 29.2 Å². The summed E-state index contributed by atoms with van der Waals surface area (Å²) in [5.74, 6) is -1.43. The maximum atomic E-state index is 12.4. The van der Waals surface area contributed by atoms with Gasteiger partial charge in [-0.2, -0.15) is 5.26 Å². The normalized spacial score (nSPS) is 17.6. The average molecular weight is 353 g/mol. The number of hydrogen-bond acceptors (Lipinski definition) is 5. The molecule has 1 heterocycles. The van der Waals surface area contributed by atoms with E-state index >= 15 is 0 Å². The van der Waals surface area contributed by atoms with E-state index in [9.17, 15) is 10.1 Å². The number of carbonyl (C=O) groups excluding carboxylic acids is 1. The molecule has 120 valence electrons. The Labute approximate surface area is 143 Å². The van der Waals surface area contributed by atoms with E-state index < -0.39 is 11.9 Å². The smallest absolute Gasteiger partial charge is 0.338 e. The van der Waals surface area contributed by atoms with Crippen LogP contribution in [0.25, 0.3) is 0 Å². The predicted molar refractivity (Wildman–Crippen MR) is 86.5 cm³/mol. The monoisotopic (exact) mass is 352 g/mol. The third-order valence-corrected chi connectivity index (χ3v) is 3.92. The molecule has 1 unspecified atom stereocenters. The van der Waals surface area contributed by atoms with Crippen LogP contribution in [0.5, 0.6) is 0 Å². The van der Waals surface area contributed by atoms with E-state index in [4.69, 9.17) is 38.4 Å². The van der Waals surface area contributed by atoms with Gasteiger partial charge in [-0.25, -0.2) is 4.79 Å². The van der Waals surface area contributed by atoms with E-state index in [2.05, 4.69) is 0 Å². The third-order valence-electron chi connectivity index (χ3n) is 3.33. The van der Waals surface area contributed by atoms with Crippen LogP contribution in [0.2, 0.25) is 5.02 Å². The third kappa shape index (κ3) is 3.29. The van der Waals surface area contributed by atoms with Crippen LogP contribution in [0, 0.1) is 11.3 Å². The Morgan fingerprint density at radius 3 is 2.74 bits per heavy atom. The number of hydrogen-bond donors (Lipinski definition) is 1. The summed E-state index contributed by atoms with van der Waals surface area (Å²) in [5.41, 5.74) is 6.61. The number of nitriles is 1. The molecule has 5 nitrogen and oxygen atoms in total. The number of benzene rings is 1. The van der Waals surface area contributed by atoms with Gasteiger partial charge in [0.15, 0.2) is 0 Å². The lowest BCUT2D eigenvalue weighted by molar-refractivity contribution is -0.139. The zero-order valence-electron chi connectivity index (χ0n) is 12.3. The first-order chi connectivity index (χ1) is 11.0. The number of nitrogens with zero attached hydrogens (tertiary/aromatic N) is 1. The number of esters is 1. The van der Waals surface area contributed by atoms with E-state index in [1.807, 2.05) is 6.07 Å². The summed E-state index contributed by atoms with van der Waals surface area (Å²) in [6, 6.07) is 8.88. The predicted octanol–water partition coefficient (Wildman–Crippen LogP) is 3.20. The Kier molecular flexibility index (Phi) is 5.54. The molecule has 0 saturated heterocycles. The minimum atomic E-state index is -0.782. The van der Waals surface area contributed by atoms with E-state index in [1.54, 1.807) is 31.2 Å². The molecule has 1 aromatic carbocycles. The summed E-state index contributed by atoms with van der Waals surface area (Å²) < 4.78 is 10.4. The van der Waals surface area contributed by atoms with Gasteiger partial charge in [-0.1, -0.05) is 29.8 Å². The molecule has 1 aliphatic rings. The van der Waals surface area contributed by atoms with Gasteiger partial charge in [-0.3, -0.25) is 0 Å². The largest absolute Gasteiger partial charge is 0.463 e. The van der Waals surface area contributed by atoms with Crippen LogP contribution in [0.1, 0.15) is 18.4 Å². The second-order valence-electron chi connectivity index (χ2n) is 4.64. The Bertz CT molecular complexity index is 735. The van der Waals surface area contributed by atoms with Crippen LogP contribution in [-0.4, -0.2) is 18.5 Å². The number of carbonyl (C=O) groups is 1. The summed E-state index contributed by atoms with van der Waals surface area (Å²) >= 11 is 12.1. The fourth-order valence-corrected chi connectivity index (χ4v) is 2.81. The van der Waals surface area contributed by atoms with Gasteiger partial charge in [0.1, 0.15) is 17.4 Å². The molecule has 0 bridgehead atoms. The maximum Gasteiger partial charge on any atom is 0.338 e. The fourth-order valence-electron chi connectivity index (χ4n) is 2.37. The molecule has 2 rings (SSSR count). The lowest BCUT2D eigenvalue weighted by Gasteiger charge is -2.27. The Balaban J connectivity index is 2.69. The molecule has 0 spiro atoms. The number of halogens is 2. The van der Waals surface area contributed by atoms with Crippen molar-refractivity contribution in [2.45, 2.75) is 12.8 Å². The number of nitrogens with two attached hydrogens (primary N) is 1. The van der Waals surface area contributed by atoms with Crippen LogP contribution in [0.4, 0.5) is 0 Å². The topological polar surface area (TPSA) is 85.3 Å². The first-order valence-electron chi connectivity index (χ1n) is 6.83. The molecule has 0 aliphatic carbocycles. The molecule has 2 N–H and O–H groups in total. The van der Waals surface area contributed by atoms with Crippen molar-refractivity contribution in [2.75, 3.05) is 12.5 Å². The van der Waals surface area contributed by atoms with Crippen LogP contribution in [0.15, 0.2) is 47.1 Å². The van der Waals surface area contributed by atoms with Crippen molar-refractivity contribution in [1.82, 2.24) is 0 Å². The van der Waals surface area contributed by atoms with Gasteiger partial charge in [-0.05, 0) is 18.6 Å². The average Bonchev–Trinajstić information content (AvgIpc) is 2.54. The van der Waals surface area contributed by atoms with Gasteiger partial charge >= 0.3 is 5.97 Å². The molecule has 1 aliphatic heterocycles. The fraction of sp³-hybridized carbons (Fsp3) is 0.250. The zero-order valence-corrected chi connectivity index (χ0v) is 13.8. The van der Waals surface area contributed by atoms with Crippen molar-refractivity contribution in [2.24, 2.45) is 5.73 Å². The SMILES string of the molecule is CCOC(=O)C1=C(CCl)OC(N)=C(C#N)C1c1ccccc1Cl. The zero-order chi connectivity index (χ0) is 17.0. The minimum absolute atomic E-state index is 0.0888. The Hall–Kier alpha value is -2.16. The summed E-state index contributed by atoms with van der Waals surface area (Å²) in [7, 11) is 0. The van der Waals surface area contributed by atoms with E-state index in [1.165, 1.54) is 0 Å². The van der Waals surface area contributed by atoms with Crippen molar-refractivity contribution in [3.63, 3.8) is 0 Å². The van der Waals surface area contributed by atoms with Gasteiger partial charge in [0.2, 0.25) is 5.88 Å². The lowest BCUT2D eigenvalue weighted by atomic mass is 9.83. The number of allylic oxidation sites excluding steroid dienone is 2. The van der Waals surface area contributed by atoms with Crippen molar-refractivity contribution in [3.05, 3.63) is 57.6 Å². The van der Waals surface area contributed by atoms with Crippen molar-refractivity contribution < 1.29 is 14.3 Å². The molecule has 0 amide bonds. The van der Waals surface area contributed by atoms with Crippen LogP contribution in [0.3, 0.4) is 0 Å². The second-order valence-corrected chi connectivity index (χ2v) is 5.31. The number of alkyl halides is 1. The first-order valence-corrected chi connectivity index (χ1v) is 7.74. The van der Waals surface area contributed by atoms with Crippen LogP contribution >= 0.6 is 23.2 Å². The summed E-state index contributed by atoms with van der Waals surface area (Å²) in [5, 5.41) is 9.85. The lowest BCUT2D eigenvalue weighted by Crippen LogP contribution is -2.27.